The summed E-state index contributed by atoms with van der Waals surface area (Å²) in [6.45, 7) is -0.0699. The average molecular weight is 435 g/mol. The maximum absolute atomic E-state index is 12.3. The Balaban J connectivity index is 2.30. The van der Waals surface area contributed by atoms with Crippen LogP contribution in [0.25, 0.3) is 0 Å². The van der Waals surface area contributed by atoms with Gasteiger partial charge in [-0.2, -0.15) is 0 Å². The third-order valence-corrected chi connectivity index (χ3v) is 4.09. The SMILES string of the molecule is COc1ccc(C(=O)Cn2cc(Br)cc(Br)c2=O)cc1Cl. The molecule has 0 aliphatic carbocycles. The van der Waals surface area contributed by atoms with Crippen molar-refractivity contribution in [3.63, 3.8) is 0 Å². The minimum absolute atomic E-state index is 0.0699. The Morgan fingerprint density at radius 2 is 2.05 bits per heavy atom. The topological polar surface area (TPSA) is 48.3 Å². The van der Waals surface area contributed by atoms with Gasteiger partial charge in [0.1, 0.15) is 5.75 Å². The summed E-state index contributed by atoms with van der Waals surface area (Å²) in [4.78, 5) is 24.2. The second kappa shape index (κ2) is 6.77. The fraction of sp³-hybridized carbons (Fsp3) is 0.143. The molecule has 0 unspecified atom stereocenters. The number of Topliss-reactive ketones (excluding diaryl/α,β-unsaturated/α-hetero) is 1. The van der Waals surface area contributed by atoms with Crippen molar-refractivity contribution in [1.82, 2.24) is 4.57 Å². The van der Waals surface area contributed by atoms with Crippen molar-refractivity contribution in [2.24, 2.45) is 0 Å². The molecule has 21 heavy (non-hydrogen) atoms. The van der Waals surface area contributed by atoms with E-state index in [9.17, 15) is 9.59 Å². The van der Waals surface area contributed by atoms with Crippen LogP contribution in [0.3, 0.4) is 0 Å². The van der Waals surface area contributed by atoms with Gasteiger partial charge in [-0.15, -0.1) is 0 Å². The zero-order valence-electron chi connectivity index (χ0n) is 10.9. The van der Waals surface area contributed by atoms with Gasteiger partial charge in [0.05, 0.1) is 23.1 Å². The van der Waals surface area contributed by atoms with Gasteiger partial charge >= 0.3 is 0 Å². The average Bonchev–Trinajstić information content (AvgIpc) is 2.44. The van der Waals surface area contributed by atoms with E-state index in [1.807, 2.05) is 0 Å². The summed E-state index contributed by atoms with van der Waals surface area (Å²) in [5.41, 5.74) is 0.148. The molecule has 0 aliphatic rings. The molecule has 0 N–H and O–H groups in total. The molecule has 0 radical (unpaired) electrons. The second-order valence-electron chi connectivity index (χ2n) is 4.21. The molecular formula is C14H10Br2ClNO3. The van der Waals surface area contributed by atoms with Gasteiger partial charge in [0.15, 0.2) is 5.78 Å². The number of ether oxygens (including phenoxy) is 1. The van der Waals surface area contributed by atoms with Crippen LogP contribution in [-0.2, 0) is 6.54 Å². The molecule has 0 saturated carbocycles. The van der Waals surface area contributed by atoms with Crippen molar-refractivity contribution < 1.29 is 9.53 Å². The van der Waals surface area contributed by atoms with Gasteiger partial charge in [-0.1, -0.05) is 11.6 Å². The van der Waals surface area contributed by atoms with Crippen LogP contribution in [0.5, 0.6) is 5.75 Å². The number of aromatic nitrogens is 1. The number of methoxy groups -OCH3 is 1. The predicted octanol–water partition coefficient (Wildman–Crippen LogP) is 3.92. The second-order valence-corrected chi connectivity index (χ2v) is 6.39. The summed E-state index contributed by atoms with van der Waals surface area (Å²) in [5.74, 6) is 0.280. The number of carbonyl (C=O) groups is 1. The number of hydrogen-bond donors (Lipinski definition) is 0. The van der Waals surface area contributed by atoms with Crippen molar-refractivity contribution in [2.45, 2.75) is 6.54 Å². The molecule has 0 bridgehead atoms. The minimum Gasteiger partial charge on any atom is -0.495 e. The van der Waals surface area contributed by atoms with E-state index >= 15 is 0 Å². The first-order chi connectivity index (χ1) is 9.92. The van der Waals surface area contributed by atoms with E-state index in [0.29, 0.717) is 25.3 Å². The summed E-state index contributed by atoms with van der Waals surface area (Å²) in [6, 6.07) is 6.40. The Morgan fingerprint density at radius 3 is 2.67 bits per heavy atom. The van der Waals surface area contributed by atoms with Gasteiger partial charge in [-0.25, -0.2) is 0 Å². The lowest BCUT2D eigenvalue weighted by Gasteiger charge is -2.08. The normalized spacial score (nSPS) is 10.5. The molecule has 1 heterocycles. The molecule has 0 amide bonds. The predicted molar refractivity (Wildman–Crippen MR) is 88.4 cm³/mol. The van der Waals surface area contributed by atoms with E-state index in [1.165, 1.54) is 17.7 Å². The Hall–Kier alpha value is -1.11. The Bertz CT molecular complexity index is 758. The molecule has 1 aromatic heterocycles. The maximum Gasteiger partial charge on any atom is 0.265 e. The fourth-order valence-electron chi connectivity index (χ4n) is 1.77. The molecule has 2 aromatic rings. The lowest BCUT2D eigenvalue weighted by Crippen LogP contribution is -2.24. The third kappa shape index (κ3) is 3.75. The van der Waals surface area contributed by atoms with Crippen LogP contribution in [0, 0.1) is 0 Å². The van der Waals surface area contributed by atoms with Crippen molar-refractivity contribution in [1.29, 1.82) is 0 Å². The van der Waals surface area contributed by atoms with E-state index in [1.54, 1.807) is 24.4 Å². The van der Waals surface area contributed by atoms with Crippen LogP contribution in [0.4, 0.5) is 0 Å². The maximum atomic E-state index is 12.3. The van der Waals surface area contributed by atoms with Gasteiger partial charge in [-0.3, -0.25) is 9.59 Å². The number of ketones is 1. The molecule has 0 aliphatic heterocycles. The molecule has 0 fully saturated rings. The molecule has 110 valence electrons. The van der Waals surface area contributed by atoms with Gasteiger partial charge in [-0.05, 0) is 56.1 Å². The molecule has 0 saturated heterocycles. The van der Waals surface area contributed by atoms with Crippen LogP contribution >= 0.6 is 43.5 Å². The van der Waals surface area contributed by atoms with Crippen LogP contribution in [0.2, 0.25) is 5.02 Å². The summed E-state index contributed by atoms with van der Waals surface area (Å²) < 4.78 is 7.46. The van der Waals surface area contributed by atoms with Gasteiger partial charge in [0.2, 0.25) is 0 Å². The largest absolute Gasteiger partial charge is 0.495 e. The fourth-order valence-corrected chi connectivity index (χ4v) is 3.28. The zero-order chi connectivity index (χ0) is 15.6. The molecule has 1 aromatic carbocycles. The van der Waals surface area contributed by atoms with Gasteiger partial charge < -0.3 is 9.30 Å². The molecule has 2 rings (SSSR count). The van der Waals surface area contributed by atoms with Gasteiger partial charge in [0.25, 0.3) is 5.56 Å². The Labute approximate surface area is 142 Å². The molecule has 0 atom stereocenters. The quantitative estimate of drug-likeness (QED) is 0.684. The first-order valence-electron chi connectivity index (χ1n) is 5.84. The highest BCUT2D eigenvalue weighted by atomic mass is 79.9. The monoisotopic (exact) mass is 433 g/mol. The van der Waals surface area contributed by atoms with Crippen LogP contribution in [0.15, 0.2) is 44.2 Å². The number of carbonyl (C=O) groups excluding carboxylic acids is 1. The lowest BCUT2D eigenvalue weighted by molar-refractivity contribution is 0.0970. The van der Waals surface area contributed by atoms with Crippen molar-refractivity contribution in [3.05, 3.63) is 60.3 Å². The number of rotatable bonds is 4. The molecule has 0 spiro atoms. The van der Waals surface area contributed by atoms with Crippen molar-refractivity contribution in [3.8, 4) is 5.75 Å². The van der Waals surface area contributed by atoms with Crippen LogP contribution in [-0.4, -0.2) is 17.5 Å². The molecule has 4 nitrogen and oxygen atoms in total. The number of benzene rings is 1. The summed E-state index contributed by atoms with van der Waals surface area (Å²) in [6.07, 6.45) is 1.57. The number of pyridine rings is 1. The summed E-state index contributed by atoms with van der Waals surface area (Å²) in [7, 11) is 1.50. The van der Waals surface area contributed by atoms with Crippen LogP contribution in [0.1, 0.15) is 10.4 Å². The number of halogens is 3. The number of nitrogens with zero attached hydrogens (tertiary/aromatic N) is 1. The minimum atomic E-state index is -0.272. The van der Waals surface area contributed by atoms with E-state index in [0.717, 1.165) is 0 Å². The Morgan fingerprint density at radius 1 is 1.33 bits per heavy atom. The Kier molecular flexibility index (Phi) is 5.24. The van der Waals surface area contributed by atoms with Gasteiger partial charge in [0, 0.05) is 16.2 Å². The van der Waals surface area contributed by atoms with E-state index in [-0.39, 0.29) is 17.9 Å². The lowest BCUT2D eigenvalue weighted by atomic mass is 10.1. The first kappa shape index (κ1) is 16.3. The first-order valence-corrected chi connectivity index (χ1v) is 7.81. The van der Waals surface area contributed by atoms with E-state index < -0.39 is 0 Å². The van der Waals surface area contributed by atoms with Crippen LogP contribution < -0.4 is 10.3 Å². The number of hydrogen-bond acceptors (Lipinski definition) is 3. The third-order valence-electron chi connectivity index (χ3n) is 2.80. The molecule has 7 heteroatoms. The zero-order valence-corrected chi connectivity index (χ0v) is 14.8. The highest BCUT2D eigenvalue weighted by Crippen LogP contribution is 2.25. The standard InChI is InChI=1S/C14H10Br2ClNO3/c1-21-13-3-2-8(4-11(13)17)12(19)7-18-6-9(15)5-10(16)14(18)20/h2-6H,7H2,1H3. The van der Waals surface area contributed by atoms with E-state index in [2.05, 4.69) is 31.9 Å². The van der Waals surface area contributed by atoms with E-state index in [4.69, 9.17) is 16.3 Å². The van der Waals surface area contributed by atoms with Crippen molar-refractivity contribution in [2.75, 3.05) is 7.11 Å². The summed E-state index contributed by atoms with van der Waals surface area (Å²) in [5, 5.41) is 0.353. The summed E-state index contributed by atoms with van der Waals surface area (Å²) >= 11 is 12.4. The van der Waals surface area contributed by atoms with Crippen molar-refractivity contribution >= 4 is 49.2 Å². The smallest absolute Gasteiger partial charge is 0.265 e. The molecular weight excluding hydrogens is 425 g/mol. The highest BCUT2D eigenvalue weighted by molar-refractivity contribution is 9.11. The highest BCUT2D eigenvalue weighted by Gasteiger charge is 2.12.